The molecule has 2 rings (SSSR count). The Morgan fingerprint density at radius 1 is 1.17 bits per heavy atom. The van der Waals surface area contributed by atoms with Gasteiger partial charge in [0, 0.05) is 11.4 Å². The number of carbonyl (C=O) groups is 1. The van der Waals surface area contributed by atoms with Crippen molar-refractivity contribution in [2.24, 2.45) is 0 Å². The van der Waals surface area contributed by atoms with E-state index < -0.39 is 11.8 Å². The second-order valence-electron chi connectivity index (χ2n) is 5.20. The van der Waals surface area contributed by atoms with Gasteiger partial charge in [-0.15, -0.1) is 0 Å². The zero-order valence-corrected chi connectivity index (χ0v) is 14.0. The summed E-state index contributed by atoms with van der Waals surface area (Å²) in [5.74, 6) is -0.169. The van der Waals surface area contributed by atoms with Crippen LogP contribution in [0.25, 0.3) is 0 Å². The number of benzene rings is 2. The Balaban J connectivity index is 2.23. The first-order chi connectivity index (χ1) is 10.9. The highest BCUT2D eigenvalue weighted by Gasteiger charge is 2.14. The van der Waals surface area contributed by atoms with E-state index in [2.05, 4.69) is 0 Å². The summed E-state index contributed by atoms with van der Waals surface area (Å²) >= 11 is 6.09. The van der Waals surface area contributed by atoms with Gasteiger partial charge in [0.15, 0.2) is 0 Å². The second-order valence-corrected chi connectivity index (χ2v) is 5.61. The molecule has 0 spiro atoms. The Hall–Kier alpha value is -2.07. The lowest BCUT2D eigenvalue weighted by molar-refractivity contribution is -0.134. The maximum atomic E-state index is 14.1. The normalized spacial score (nSPS) is 10.5. The predicted molar refractivity (Wildman–Crippen MR) is 87.6 cm³/mol. The van der Waals surface area contributed by atoms with Crippen LogP contribution in [0.3, 0.4) is 0 Å². The first-order valence-corrected chi connectivity index (χ1v) is 7.67. The number of halogens is 2. The van der Waals surface area contributed by atoms with E-state index in [0.29, 0.717) is 10.8 Å². The van der Waals surface area contributed by atoms with Gasteiger partial charge in [0.1, 0.15) is 23.9 Å². The topological polar surface area (TPSA) is 35.5 Å². The van der Waals surface area contributed by atoms with Crippen LogP contribution in [0.15, 0.2) is 30.3 Å². The Bertz CT molecular complexity index is 728. The highest BCUT2D eigenvalue weighted by Crippen LogP contribution is 2.29. The van der Waals surface area contributed by atoms with E-state index in [9.17, 15) is 9.18 Å². The van der Waals surface area contributed by atoms with Crippen LogP contribution in [0, 0.1) is 19.7 Å². The van der Waals surface area contributed by atoms with Gasteiger partial charge in [0.25, 0.3) is 0 Å². The van der Waals surface area contributed by atoms with Crippen molar-refractivity contribution in [1.82, 2.24) is 0 Å². The van der Waals surface area contributed by atoms with Crippen molar-refractivity contribution in [3.8, 4) is 11.5 Å². The fourth-order valence-corrected chi connectivity index (χ4v) is 2.24. The Morgan fingerprint density at radius 3 is 2.61 bits per heavy atom. The fourth-order valence-electron chi connectivity index (χ4n) is 2.08. The van der Waals surface area contributed by atoms with E-state index in [1.807, 2.05) is 19.9 Å². The molecule has 0 saturated carbocycles. The van der Waals surface area contributed by atoms with E-state index in [4.69, 9.17) is 21.1 Å². The third-order valence-electron chi connectivity index (χ3n) is 3.42. The van der Waals surface area contributed by atoms with E-state index in [-0.39, 0.29) is 24.3 Å². The molecule has 0 amide bonds. The predicted octanol–water partition coefficient (Wildman–Crippen LogP) is 4.99. The van der Waals surface area contributed by atoms with Crippen molar-refractivity contribution < 1.29 is 18.7 Å². The van der Waals surface area contributed by atoms with Gasteiger partial charge in [-0.2, -0.15) is 0 Å². The summed E-state index contributed by atoms with van der Waals surface area (Å²) in [6.45, 7) is 5.41. The molecule has 0 heterocycles. The van der Waals surface area contributed by atoms with Crippen molar-refractivity contribution in [2.45, 2.75) is 33.8 Å². The Kier molecular flexibility index (Phi) is 5.61. The monoisotopic (exact) mass is 336 g/mol. The number of ether oxygens (including phenoxy) is 2. The number of rotatable bonds is 5. The molecular formula is C18H18ClFO3. The van der Waals surface area contributed by atoms with Gasteiger partial charge >= 0.3 is 5.97 Å². The Morgan fingerprint density at radius 2 is 1.91 bits per heavy atom. The van der Waals surface area contributed by atoms with Gasteiger partial charge < -0.3 is 9.47 Å². The summed E-state index contributed by atoms with van der Waals surface area (Å²) in [6, 6.07) is 7.94. The molecule has 0 atom stereocenters. The molecule has 2 aromatic carbocycles. The summed E-state index contributed by atoms with van der Waals surface area (Å²) in [7, 11) is 0. The van der Waals surface area contributed by atoms with Gasteiger partial charge in [-0.25, -0.2) is 4.39 Å². The summed E-state index contributed by atoms with van der Waals surface area (Å²) in [5.41, 5.74) is 2.04. The molecule has 2 aromatic rings. The minimum absolute atomic E-state index is 0.0563. The minimum atomic E-state index is -0.484. The molecule has 122 valence electrons. The van der Waals surface area contributed by atoms with Crippen LogP contribution in [0.2, 0.25) is 5.02 Å². The standard InChI is InChI=1S/C18H18ClFO3/c1-4-18(21)23-16-7-5-6-15(20)13(16)10-22-17-9-14(19)11(2)8-12(17)3/h5-9H,4,10H2,1-3H3. The van der Waals surface area contributed by atoms with Crippen molar-refractivity contribution in [3.63, 3.8) is 0 Å². The molecule has 23 heavy (non-hydrogen) atoms. The highest BCUT2D eigenvalue weighted by atomic mass is 35.5. The van der Waals surface area contributed by atoms with Crippen LogP contribution < -0.4 is 9.47 Å². The number of hydrogen-bond donors (Lipinski definition) is 0. The molecule has 0 aromatic heterocycles. The third kappa shape index (κ3) is 4.23. The number of hydrogen-bond acceptors (Lipinski definition) is 3. The zero-order valence-electron chi connectivity index (χ0n) is 13.3. The van der Waals surface area contributed by atoms with Crippen molar-refractivity contribution in [2.75, 3.05) is 0 Å². The maximum absolute atomic E-state index is 14.1. The van der Waals surface area contributed by atoms with E-state index in [0.717, 1.165) is 11.1 Å². The van der Waals surface area contributed by atoms with Crippen LogP contribution in [-0.4, -0.2) is 5.97 Å². The molecule has 0 unspecified atom stereocenters. The molecule has 0 aliphatic rings. The smallest absolute Gasteiger partial charge is 0.310 e. The maximum Gasteiger partial charge on any atom is 0.310 e. The van der Waals surface area contributed by atoms with Gasteiger partial charge in [0.05, 0.1) is 5.56 Å². The summed E-state index contributed by atoms with van der Waals surface area (Å²) < 4.78 is 24.9. The zero-order chi connectivity index (χ0) is 17.0. The summed E-state index contributed by atoms with van der Waals surface area (Å²) in [4.78, 5) is 11.5. The van der Waals surface area contributed by atoms with Crippen molar-refractivity contribution in [1.29, 1.82) is 0 Å². The average molecular weight is 337 g/mol. The van der Waals surface area contributed by atoms with Crippen LogP contribution in [0.4, 0.5) is 4.39 Å². The lowest BCUT2D eigenvalue weighted by Crippen LogP contribution is -2.10. The number of esters is 1. The minimum Gasteiger partial charge on any atom is -0.488 e. The average Bonchev–Trinajstić information content (AvgIpc) is 2.51. The number of aryl methyl sites for hydroxylation is 2. The largest absolute Gasteiger partial charge is 0.488 e. The molecule has 0 saturated heterocycles. The van der Waals surface area contributed by atoms with Gasteiger partial charge in [-0.3, -0.25) is 4.79 Å². The molecular weight excluding hydrogens is 319 g/mol. The summed E-state index contributed by atoms with van der Waals surface area (Å²) in [6.07, 6.45) is 0.212. The molecule has 3 nitrogen and oxygen atoms in total. The van der Waals surface area contributed by atoms with E-state index in [1.54, 1.807) is 19.1 Å². The van der Waals surface area contributed by atoms with Gasteiger partial charge in [0.2, 0.25) is 0 Å². The van der Waals surface area contributed by atoms with Crippen LogP contribution in [0.1, 0.15) is 30.0 Å². The quantitative estimate of drug-likeness (QED) is 0.570. The van der Waals surface area contributed by atoms with Gasteiger partial charge in [-0.1, -0.05) is 30.7 Å². The first kappa shape index (κ1) is 17.3. The van der Waals surface area contributed by atoms with Crippen molar-refractivity contribution in [3.05, 3.63) is 57.9 Å². The Labute approximate surface area is 140 Å². The SMILES string of the molecule is CCC(=O)Oc1cccc(F)c1COc1cc(Cl)c(C)cc1C. The molecule has 0 N–H and O–H groups in total. The number of carbonyl (C=O) groups excluding carboxylic acids is 1. The first-order valence-electron chi connectivity index (χ1n) is 7.30. The highest BCUT2D eigenvalue weighted by molar-refractivity contribution is 6.31. The molecule has 0 aliphatic heterocycles. The third-order valence-corrected chi connectivity index (χ3v) is 3.82. The van der Waals surface area contributed by atoms with Crippen LogP contribution >= 0.6 is 11.6 Å². The van der Waals surface area contributed by atoms with Crippen molar-refractivity contribution >= 4 is 17.6 Å². The van der Waals surface area contributed by atoms with E-state index >= 15 is 0 Å². The van der Waals surface area contributed by atoms with Gasteiger partial charge in [-0.05, 0) is 43.2 Å². The lowest BCUT2D eigenvalue weighted by atomic mass is 10.1. The molecule has 0 radical (unpaired) electrons. The molecule has 0 fully saturated rings. The second kappa shape index (κ2) is 7.47. The fraction of sp³-hybridized carbons (Fsp3) is 0.278. The molecule has 0 aliphatic carbocycles. The molecule has 5 heteroatoms. The molecule has 0 bridgehead atoms. The summed E-state index contributed by atoms with van der Waals surface area (Å²) in [5, 5.41) is 0.580. The van der Waals surface area contributed by atoms with Crippen LogP contribution in [-0.2, 0) is 11.4 Å². The van der Waals surface area contributed by atoms with Crippen LogP contribution in [0.5, 0.6) is 11.5 Å². The van der Waals surface area contributed by atoms with E-state index in [1.165, 1.54) is 12.1 Å². The lowest BCUT2D eigenvalue weighted by Gasteiger charge is -2.14.